The first kappa shape index (κ1) is 13.5. The fourth-order valence-corrected chi connectivity index (χ4v) is 3.17. The van der Waals surface area contributed by atoms with Gasteiger partial charge in [0, 0.05) is 18.7 Å². The van der Waals surface area contributed by atoms with Crippen LogP contribution >= 0.6 is 0 Å². The summed E-state index contributed by atoms with van der Waals surface area (Å²) in [5.74, 6) is 2.79. The van der Waals surface area contributed by atoms with E-state index in [2.05, 4.69) is 38.8 Å². The molecule has 0 saturated carbocycles. The SMILES string of the molecule is Cc1nc2c(c(NC[C@H]3CCc4ccccc4O3)n1)CNC2. The topological polar surface area (TPSA) is 59.1 Å². The molecule has 1 aromatic heterocycles. The van der Waals surface area contributed by atoms with Gasteiger partial charge in [-0.25, -0.2) is 9.97 Å². The summed E-state index contributed by atoms with van der Waals surface area (Å²) in [6.07, 6.45) is 2.30. The van der Waals surface area contributed by atoms with Crippen LogP contribution < -0.4 is 15.4 Å². The number of hydrogen-bond acceptors (Lipinski definition) is 5. The smallest absolute Gasteiger partial charge is 0.134 e. The molecule has 2 aliphatic rings. The van der Waals surface area contributed by atoms with E-state index in [1.807, 2.05) is 13.0 Å². The van der Waals surface area contributed by atoms with Crippen LogP contribution in [-0.4, -0.2) is 22.6 Å². The summed E-state index contributed by atoms with van der Waals surface area (Å²) in [4.78, 5) is 9.05. The highest BCUT2D eigenvalue weighted by Gasteiger charge is 2.21. The second-order valence-electron chi connectivity index (χ2n) is 5.92. The quantitative estimate of drug-likeness (QED) is 0.909. The van der Waals surface area contributed by atoms with Crippen LogP contribution in [0.1, 0.15) is 29.1 Å². The molecule has 1 atom stereocenters. The molecule has 0 unspecified atom stereocenters. The summed E-state index contributed by atoms with van der Waals surface area (Å²) in [5, 5.41) is 6.80. The second kappa shape index (κ2) is 5.57. The highest BCUT2D eigenvalue weighted by molar-refractivity contribution is 5.48. The molecular weight excluding hydrogens is 276 g/mol. The minimum atomic E-state index is 0.190. The van der Waals surface area contributed by atoms with Crippen LogP contribution in [0.3, 0.4) is 0 Å². The van der Waals surface area contributed by atoms with Crippen LogP contribution in [0.5, 0.6) is 5.75 Å². The standard InChI is InChI=1S/C17H20N4O/c1-11-20-15-10-18-9-14(15)17(21-11)19-8-13-7-6-12-4-2-3-5-16(12)22-13/h2-5,13,18H,6-10H2,1H3,(H,19,20,21)/t13-/m1/s1. The van der Waals surface area contributed by atoms with E-state index < -0.39 is 0 Å². The minimum Gasteiger partial charge on any atom is -0.488 e. The Morgan fingerprint density at radius 2 is 2.18 bits per heavy atom. The van der Waals surface area contributed by atoms with Crippen molar-refractivity contribution in [3.63, 3.8) is 0 Å². The van der Waals surface area contributed by atoms with Crippen molar-refractivity contribution >= 4 is 5.82 Å². The van der Waals surface area contributed by atoms with Gasteiger partial charge in [-0.2, -0.15) is 0 Å². The van der Waals surface area contributed by atoms with E-state index in [0.717, 1.165) is 55.6 Å². The fraction of sp³-hybridized carbons (Fsp3) is 0.412. The normalized spacial score (nSPS) is 19.2. The lowest BCUT2D eigenvalue weighted by molar-refractivity contribution is 0.185. The Hall–Kier alpha value is -2.14. The lowest BCUT2D eigenvalue weighted by Gasteiger charge is -2.26. The molecule has 114 valence electrons. The first-order valence-corrected chi connectivity index (χ1v) is 7.85. The number of nitrogens with zero attached hydrogens (tertiary/aromatic N) is 2. The minimum absolute atomic E-state index is 0.190. The molecule has 5 heteroatoms. The first-order valence-electron chi connectivity index (χ1n) is 7.85. The van der Waals surface area contributed by atoms with Gasteiger partial charge in [0.05, 0.1) is 12.2 Å². The van der Waals surface area contributed by atoms with Crippen molar-refractivity contribution in [2.24, 2.45) is 0 Å². The molecule has 0 amide bonds. The van der Waals surface area contributed by atoms with E-state index in [1.54, 1.807) is 0 Å². The van der Waals surface area contributed by atoms with Crippen LogP contribution in [0, 0.1) is 6.92 Å². The van der Waals surface area contributed by atoms with E-state index >= 15 is 0 Å². The highest BCUT2D eigenvalue weighted by atomic mass is 16.5. The zero-order valence-electron chi connectivity index (χ0n) is 12.7. The average molecular weight is 296 g/mol. The van der Waals surface area contributed by atoms with E-state index in [-0.39, 0.29) is 6.10 Å². The maximum absolute atomic E-state index is 6.08. The van der Waals surface area contributed by atoms with Gasteiger partial charge in [-0.3, -0.25) is 0 Å². The number of fused-ring (bicyclic) bond motifs is 2. The van der Waals surface area contributed by atoms with Gasteiger partial charge in [-0.15, -0.1) is 0 Å². The van der Waals surface area contributed by atoms with Crippen molar-refractivity contribution in [1.29, 1.82) is 0 Å². The summed E-state index contributed by atoms with van der Waals surface area (Å²) in [7, 11) is 0. The third-order valence-corrected chi connectivity index (χ3v) is 4.30. The Kier molecular flexibility index (Phi) is 3.42. The monoisotopic (exact) mass is 296 g/mol. The largest absolute Gasteiger partial charge is 0.488 e. The van der Waals surface area contributed by atoms with Crippen molar-refractivity contribution in [3.8, 4) is 5.75 Å². The molecule has 2 aromatic rings. The summed E-state index contributed by atoms with van der Waals surface area (Å²) < 4.78 is 6.08. The van der Waals surface area contributed by atoms with Gasteiger partial charge >= 0.3 is 0 Å². The molecule has 0 radical (unpaired) electrons. The maximum atomic E-state index is 6.08. The van der Waals surface area contributed by atoms with Crippen molar-refractivity contribution in [2.75, 3.05) is 11.9 Å². The summed E-state index contributed by atoms with van der Waals surface area (Å²) in [6.45, 7) is 4.39. The Labute approximate surface area is 130 Å². The Balaban J connectivity index is 1.46. The number of benzene rings is 1. The number of para-hydroxylation sites is 1. The van der Waals surface area contributed by atoms with Crippen molar-refractivity contribution in [1.82, 2.24) is 15.3 Å². The van der Waals surface area contributed by atoms with Gasteiger partial charge in [-0.05, 0) is 31.4 Å². The molecule has 2 aliphatic heterocycles. The number of aromatic nitrogens is 2. The van der Waals surface area contributed by atoms with E-state index in [4.69, 9.17) is 4.74 Å². The molecule has 0 spiro atoms. The number of aryl methyl sites for hydroxylation is 2. The Morgan fingerprint density at radius 1 is 1.27 bits per heavy atom. The third-order valence-electron chi connectivity index (χ3n) is 4.30. The van der Waals surface area contributed by atoms with Crippen LogP contribution in [0.25, 0.3) is 0 Å². The Morgan fingerprint density at radius 3 is 3.14 bits per heavy atom. The van der Waals surface area contributed by atoms with E-state index in [9.17, 15) is 0 Å². The van der Waals surface area contributed by atoms with Gasteiger partial charge in [0.25, 0.3) is 0 Å². The molecule has 22 heavy (non-hydrogen) atoms. The van der Waals surface area contributed by atoms with Gasteiger partial charge in [0.1, 0.15) is 23.5 Å². The van der Waals surface area contributed by atoms with Crippen molar-refractivity contribution in [2.45, 2.75) is 39.0 Å². The predicted octanol–water partition coefficient (Wildman–Crippen LogP) is 2.19. The number of anilines is 1. The van der Waals surface area contributed by atoms with Crippen molar-refractivity contribution < 1.29 is 4.74 Å². The van der Waals surface area contributed by atoms with Crippen molar-refractivity contribution in [3.05, 3.63) is 46.9 Å². The summed E-state index contributed by atoms with van der Waals surface area (Å²) in [6, 6.07) is 8.30. The van der Waals surface area contributed by atoms with Crippen LogP contribution in [0.2, 0.25) is 0 Å². The van der Waals surface area contributed by atoms with Gasteiger partial charge in [0.2, 0.25) is 0 Å². The molecule has 0 fully saturated rings. The van der Waals surface area contributed by atoms with E-state index in [0.29, 0.717) is 0 Å². The lowest BCUT2D eigenvalue weighted by Crippen LogP contribution is -2.30. The summed E-state index contributed by atoms with van der Waals surface area (Å²) in [5.41, 5.74) is 3.62. The third kappa shape index (κ3) is 2.52. The summed E-state index contributed by atoms with van der Waals surface area (Å²) >= 11 is 0. The maximum Gasteiger partial charge on any atom is 0.134 e. The van der Waals surface area contributed by atoms with Gasteiger partial charge in [0.15, 0.2) is 0 Å². The molecule has 0 aliphatic carbocycles. The zero-order valence-corrected chi connectivity index (χ0v) is 12.7. The van der Waals surface area contributed by atoms with Crippen LogP contribution in [0.4, 0.5) is 5.82 Å². The molecular formula is C17H20N4O. The number of nitrogens with one attached hydrogen (secondary N) is 2. The highest BCUT2D eigenvalue weighted by Crippen LogP contribution is 2.27. The molecule has 2 N–H and O–H groups in total. The number of hydrogen-bond donors (Lipinski definition) is 2. The second-order valence-corrected chi connectivity index (χ2v) is 5.92. The molecule has 4 rings (SSSR count). The molecule has 1 aromatic carbocycles. The number of ether oxygens (including phenoxy) is 1. The average Bonchev–Trinajstić information content (AvgIpc) is 3.00. The number of rotatable bonds is 3. The van der Waals surface area contributed by atoms with Gasteiger partial charge < -0.3 is 15.4 Å². The predicted molar refractivity (Wildman–Crippen MR) is 85.0 cm³/mol. The van der Waals surface area contributed by atoms with Crippen LogP contribution in [-0.2, 0) is 19.5 Å². The van der Waals surface area contributed by atoms with E-state index in [1.165, 1.54) is 11.1 Å². The lowest BCUT2D eigenvalue weighted by atomic mass is 10.0. The molecule has 0 saturated heterocycles. The molecule has 5 nitrogen and oxygen atoms in total. The zero-order chi connectivity index (χ0) is 14.9. The fourth-order valence-electron chi connectivity index (χ4n) is 3.17. The molecule has 0 bridgehead atoms. The van der Waals surface area contributed by atoms with Crippen LogP contribution in [0.15, 0.2) is 24.3 Å². The molecule has 3 heterocycles. The van der Waals surface area contributed by atoms with Gasteiger partial charge in [-0.1, -0.05) is 18.2 Å². The first-order chi connectivity index (χ1) is 10.8. The Bertz CT molecular complexity index is 701.